The van der Waals surface area contributed by atoms with Crippen LogP contribution in [0.3, 0.4) is 0 Å². The fourth-order valence-electron chi connectivity index (χ4n) is 2.39. The van der Waals surface area contributed by atoms with Gasteiger partial charge in [0.1, 0.15) is 11.3 Å². The lowest BCUT2D eigenvalue weighted by molar-refractivity contribution is 0.0944. The van der Waals surface area contributed by atoms with E-state index in [0.29, 0.717) is 6.54 Å². The van der Waals surface area contributed by atoms with E-state index in [2.05, 4.69) is 10.2 Å². The molecule has 21 heavy (non-hydrogen) atoms. The van der Waals surface area contributed by atoms with Crippen LogP contribution in [0.25, 0.3) is 0 Å². The molecule has 0 aromatic heterocycles. The summed E-state index contributed by atoms with van der Waals surface area (Å²) in [5.41, 5.74) is -0.0761. The summed E-state index contributed by atoms with van der Waals surface area (Å²) in [6.45, 7) is 3.38. The standard InChI is InChI=1S/C14H17Cl3N2O2/c15-9-8-10(16)13(20)11(12(9)17)14(21)18-4-7-19-5-2-1-3-6-19/h8,20H,1-7H2,(H,18,21). The number of nitrogens with one attached hydrogen (secondary N) is 1. The van der Waals surface area contributed by atoms with Crippen LogP contribution in [0.1, 0.15) is 29.6 Å². The molecule has 0 aliphatic carbocycles. The Labute approximate surface area is 139 Å². The van der Waals surface area contributed by atoms with Crippen molar-refractivity contribution >= 4 is 40.7 Å². The molecule has 1 heterocycles. The lowest BCUT2D eigenvalue weighted by atomic mass is 10.1. The van der Waals surface area contributed by atoms with E-state index in [1.54, 1.807) is 0 Å². The molecule has 1 fully saturated rings. The number of carbonyl (C=O) groups is 1. The highest BCUT2D eigenvalue weighted by molar-refractivity contribution is 6.45. The number of benzene rings is 1. The number of hydrogen-bond donors (Lipinski definition) is 2. The normalized spacial score (nSPS) is 16.0. The van der Waals surface area contributed by atoms with Crippen molar-refractivity contribution in [3.8, 4) is 5.75 Å². The van der Waals surface area contributed by atoms with Crippen LogP contribution in [0.4, 0.5) is 0 Å². The minimum atomic E-state index is -0.473. The van der Waals surface area contributed by atoms with Crippen molar-refractivity contribution < 1.29 is 9.90 Å². The maximum Gasteiger partial charge on any atom is 0.256 e. The van der Waals surface area contributed by atoms with Crippen LogP contribution in [0.15, 0.2) is 6.07 Å². The Morgan fingerprint density at radius 1 is 1.19 bits per heavy atom. The number of aromatic hydroxyl groups is 1. The Balaban J connectivity index is 1.97. The lowest BCUT2D eigenvalue weighted by Gasteiger charge is -2.26. The first-order chi connectivity index (χ1) is 10.0. The maximum absolute atomic E-state index is 12.1. The first-order valence-electron chi connectivity index (χ1n) is 6.87. The summed E-state index contributed by atoms with van der Waals surface area (Å²) in [5, 5.41) is 12.8. The minimum Gasteiger partial charge on any atom is -0.505 e. The van der Waals surface area contributed by atoms with Crippen molar-refractivity contribution in [1.82, 2.24) is 10.2 Å². The molecule has 116 valence electrons. The number of rotatable bonds is 4. The Morgan fingerprint density at radius 2 is 1.86 bits per heavy atom. The highest BCUT2D eigenvalue weighted by atomic mass is 35.5. The van der Waals surface area contributed by atoms with Crippen molar-refractivity contribution in [1.29, 1.82) is 0 Å². The SMILES string of the molecule is O=C(NCCN1CCCCC1)c1c(O)c(Cl)cc(Cl)c1Cl. The van der Waals surface area contributed by atoms with E-state index in [4.69, 9.17) is 34.8 Å². The van der Waals surface area contributed by atoms with Crippen molar-refractivity contribution in [3.05, 3.63) is 26.7 Å². The Bertz CT molecular complexity index is 505. The number of phenols is 1. The molecule has 1 aliphatic rings. The van der Waals surface area contributed by atoms with Gasteiger partial charge in [0.15, 0.2) is 0 Å². The third kappa shape index (κ3) is 4.16. The van der Waals surface area contributed by atoms with Crippen molar-refractivity contribution in [2.75, 3.05) is 26.2 Å². The predicted octanol–water partition coefficient (Wildman–Crippen LogP) is 3.57. The smallest absolute Gasteiger partial charge is 0.256 e. The fourth-order valence-corrected chi connectivity index (χ4v) is 3.08. The van der Waals surface area contributed by atoms with E-state index in [-0.39, 0.29) is 26.4 Å². The monoisotopic (exact) mass is 350 g/mol. The average Bonchev–Trinajstić information content (AvgIpc) is 2.46. The molecule has 2 N–H and O–H groups in total. The number of hydrogen-bond acceptors (Lipinski definition) is 3. The quantitative estimate of drug-likeness (QED) is 0.815. The van der Waals surface area contributed by atoms with Gasteiger partial charge in [-0.2, -0.15) is 0 Å². The van der Waals surface area contributed by atoms with Crippen LogP contribution in [-0.4, -0.2) is 42.1 Å². The molecule has 7 heteroatoms. The predicted molar refractivity (Wildman–Crippen MR) is 85.8 cm³/mol. The van der Waals surface area contributed by atoms with Crippen LogP contribution in [0.5, 0.6) is 5.75 Å². The van der Waals surface area contributed by atoms with E-state index in [1.165, 1.54) is 25.3 Å². The van der Waals surface area contributed by atoms with Gasteiger partial charge in [-0.1, -0.05) is 41.2 Å². The van der Waals surface area contributed by atoms with Gasteiger partial charge in [0.2, 0.25) is 0 Å². The second kappa shape index (κ2) is 7.54. The van der Waals surface area contributed by atoms with Gasteiger partial charge in [-0.25, -0.2) is 0 Å². The number of nitrogens with zero attached hydrogens (tertiary/aromatic N) is 1. The molecule has 2 rings (SSSR count). The molecule has 1 amide bonds. The number of carbonyl (C=O) groups excluding carboxylic acids is 1. The second-order valence-corrected chi connectivity index (χ2v) is 6.23. The first kappa shape index (κ1) is 16.7. The number of halogens is 3. The molecule has 1 aliphatic heterocycles. The highest BCUT2D eigenvalue weighted by Gasteiger charge is 2.21. The molecule has 0 saturated carbocycles. The van der Waals surface area contributed by atoms with Gasteiger partial charge in [-0.3, -0.25) is 4.79 Å². The molecule has 1 aromatic rings. The van der Waals surface area contributed by atoms with Gasteiger partial charge in [0.25, 0.3) is 5.91 Å². The fraction of sp³-hybridized carbons (Fsp3) is 0.500. The first-order valence-corrected chi connectivity index (χ1v) is 8.01. The summed E-state index contributed by atoms with van der Waals surface area (Å²) in [6.07, 6.45) is 3.67. The topological polar surface area (TPSA) is 52.6 Å². The molecule has 0 spiro atoms. The summed E-state index contributed by atoms with van der Waals surface area (Å²) in [7, 11) is 0. The molecule has 0 atom stereocenters. The molecular formula is C14H17Cl3N2O2. The summed E-state index contributed by atoms with van der Waals surface area (Å²) >= 11 is 17.7. The van der Waals surface area contributed by atoms with Crippen molar-refractivity contribution in [2.24, 2.45) is 0 Å². The van der Waals surface area contributed by atoms with Gasteiger partial charge in [-0.05, 0) is 32.0 Å². The Morgan fingerprint density at radius 3 is 2.52 bits per heavy atom. The van der Waals surface area contributed by atoms with Crippen LogP contribution in [-0.2, 0) is 0 Å². The molecule has 1 saturated heterocycles. The van der Waals surface area contributed by atoms with Gasteiger partial charge in [0.05, 0.1) is 15.1 Å². The number of amides is 1. The van der Waals surface area contributed by atoms with Gasteiger partial charge >= 0.3 is 0 Å². The summed E-state index contributed by atoms with van der Waals surface area (Å²) in [6, 6.07) is 1.31. The summed E-state index contributed by atoms with van der Waals surface area (Å²) < 4.78 is 0. The zero-order valence-electron chi connectivity index (χ0n) is 11.5. The maximum atomic E-state index is 12.1. The molecule has 1 aromatic carbocycles. The van der Waals surface area contributed by atoms with E-state index in [0.717, 1.165) is 19.6 Å². The number of phenolic OH excluding ortho intramolecular Hbond substituents is 1. The second-order valence-electron chi connectivity index (χ2n) is 5.04. The minimum absolute atomic E-state index is 0.00517. The van der Waals surface area contributed by atoms with Crippen molar-refractivity contribution in [3.63, 3.8) is 0 Å². The van der Waals surface area contributed by atoms with Crippen LogP contribution in [0, 0.1) is 0 Å². The zero-order valence-corrected chi connectivity index (χ0v) is 13.7. The number of likely N-dealkylation sites (tertiary alicyclic amines) is 1. The van der Waals surface area contributed by atoms with Crippen LogP contribution in [0.2, 0.25) is 15.1 Å². The van der Waals surface area contributed by atoms with Crippen molar-refractivity contribution in [2.45, 2.75) is 19.3 Å². The molecule has 0 unspecified atom stereocenters. The Hall–Kier alpha value is -0.680. The zero-order chi connectivity index (χ0) is 15.4. The van der Waals surface area contributed by atoms with Crippen LogP contribution < -0.4 is 5.32 Å². The van der Waals surface area contributed by atoms with Gasteiger partial charge in [-0.15, -0.1) is 0 Å². The average molecular weight is 352 g/mol. The Kier molecular flexibility index (Phi) is 5.99. The van der Waals surface area contributed by atoms with E-state index in [1.807, 2.05) is 0 Å². The largest absolute Gasteiger partial charge is 0.505 e. The highest BCUT2D eigenvalue weighted by Crippen LogP contribution is 2.38. The molecule has 0 radical (unpaired) electrons. The van der Waals surface area contributed by atoms with E-state index >= 15 is 0 Å². The van der Waals surface area contributed by atoms with Crippen LogP contribution >= 0.6 is 34.8 Å². The summed E-state index contributed by atoms with van der Waals surface area (Å²) in [5.74, 6) is -0.819. The molecule has 4 nitrogen and oxygen atoms in total. The third-order valence-electron chi connectivity index (χ3n) is 3.53. The summed E-state index contributed by atoms with van der Waals surface area (Å²) in [4.78, 5) is 14.4. The van der Waals surface area contributed by atoms with Gasteiger partial charge in [0, 0.05) is 13.1 Å². The third-order valence-corrected chi connectivity index (χ3v) is 4.61. The molecule has 0 bridgehead atoms. The molecular weight excluding hydrogens is 335 g/mol. The van der Waals surface area contributed by atoms with E-state index < -0.39 is 5.91 Å². The lowest BCUT2D eigenvalue weighted by Crippen LogP contribution is -2.37. The van der Waals surface area contributed by atoms with E-state index in [9.17, 15) is 9.90 Å². The van der Waals surface area contributed by atoms with Gasteiger partial charge < -0.3 is 15.3 Å². The number of piperidine rings is 1.